The molecule has 0 spiro atoms. The van der Waals surface area contributed by atoms with E-state index in [0.29, 0.717) is 22.2 Å². The zero-order valence-electron chi connectivity index (χ0n) is 15.0. The molecule has 4 aromatic rings. The van der Waals surface area contributed by atoms with Crippen molar-refractivity contribution in [2.24, 2.45) is 0 Å². The Kier molecular flexibility index (Phi) is 4.74. The Hall–Kier alpha value is -4.07. The first kappa shape index (κ1) is 18.3. The van der Waals surface area contributed by atoms with Crippen molar-refractivity contribution in [1.82, 2.24) is 14.6 Å². The number of carbonyl (C=O) groups excluding carboxylic acids is 1. The summed E-state index contributed by atoms with van der Waals surface area (Å²) in [4.78, 5) is 27.9. The molecule has 2 heterocycles. The van der Waals surface area contributed by atoms with Gasteiger partial charge >= 0.3 is 5.97 Å². The van der Waals surface area contributed by atoms with Crippen LogP contribution in [0.2, 0.25) is 0 Å². The number of fused-ring (bicyclic) bond motifs is 1. The molecular weight excluding hydrogens is 375 g/mol. The molecule has 0 aliphatic carbocycles. The van der Waals surface area contributed by atoms with Crippen LogP contribution in [0.4, 0.5) is 10.2 Å². The number of nitrogens with zero attached hydrogens (tertiary/aromatic N) is 3. The summed E-state index contributed by atoms with van der Waals surface area (Å²) in [5.74, 6) is -1.47. The summed E-state index contributed by atoms with van der Waals surface area (Å²) in [6, 6.07) is 13.8. The minimum Gasteiger partial charge on any atom is -0.478 e. The number of carboxylic acids is 1. The van der Waals surface area contributed by atoms with Crippen molar-refractivity contribution >= 4 is 23.2 Å². The minimum atomic E-state index is -1.05. The van der Waals surface area contributed by atoms with Crippen LogP contribution in [0.15, 0.2) is 67.1 Å². The van der Waals surface area contributed by atoms with Crippen LogP contribution in [0.25, 0.3) is 16.6 Å². The second-order valence-electron chi connectivity index (χ2n) is 6.37. The predicted octanol–water partition coefficient (Wildman–Crippen LogP) is 3.41. The van der Waals surface area contributed by atoms with Crippen molar-refractivity contribution in [1.29, 1.82) is 0 Å². The molecule has 2 N–H and O–H groups in total. The molecule has 2 aromatic carbocycles. The number of nitrogens with one attached hydrogen (secondary N) is 1. The van der Waals surface area contributed by atoms with Crippen molar-refractivity contribution in [3.05, 3.63) is 84.1 Å². The molecule has 7 nitrogen and oxygen atoms in total. The second-order valence-corrected chi connectivity index (χ2v) is 6.37. The van der Waals surface area contributed by atoms with E-state index >= 15 is 0 Å². The van der Waals surface area contributed by atoms with E-state index in [9.17, 15) is 19.1 Å². The summed E-state index contributed by atoms with van der Waals surface area (Å²) in [5, 5.41) is 16.4. The van der Waals surface area contributed by atoms with E-state index in [0.717, 1.165) is 0 Å². The van der Waals surface area contributed by atoms with Crippen molar-refractivity contribution < 1.29 is 19.1 Å². The van der Waals surface area contributed by atoms with Crippen LogP contribution in [0, 0.1) is 5.82 Å². The highest BCUT2D eigenvalue weighted by Gasteiger charge is 2.18. The van der Waals surface area contributed by atoms with Gasteiger partial charge in [-0.05, 0) is 41.5 Å². The van der Waals surface area contributed by atoms with Crippen molar-refractivity contribution in [2.75, 3.05) is 5.32 Å². The number of anilines is 1. The van der Waals surface area contributed by atoms with Gasteiger partial charge < -0.3 is 10.4 Å². The SMILES string of the molecule is O=C(Cc1ccc(F)cc1)Nc1nn2cnccc2c1-c1cccc(C(=O)O)c1. The highest BCUT2D eigenvalue weighted by Crippen LogP contribution is 2.32. The molecule has 0 aliphatic heterocycles. The molecule has 1 amide bonds. The van der Waals surface area contributed by atoms with Gasteiger partial charge in [-0.1, -0.05) is 24.3 Å². The van der Waals surface area contributed by atoms with Crippen LogP contribution in [0.1, 0.15) is 15.9 Å². The molecule has 0 unspecified atom stereocenters. The standard InChI is InChI=1S/C21H15FN4O3/c22-16-6-4-13(5-7-16)10-18(27)24-20-19(17-8-9-23-12-26(17)25-20)14-2-1-3-15(11-14)21(28)29/h1-9,11-12H,10H2,(H,28,29)(H,24,25,27). The van der Waals surface area contributed by atoms with Gasteiger partial charge in [-0.3, -0.25) is 4.79 Å². The van der Waals surface area contributed by atoms with Crippen molar-refractivity contribution in [3.63, 3.8) is 0 Å². The Morgan fingerprint density at radius 2 is 1.90 bits per heavy atom. The summed E-state index contributed by atoms with van der Waals surface area (Å²) in [5.41, 5.74) is 2.63. The van der Waals surface area contributed by atoms with Crippen LogP contribution in [-0.2, 0) is 11.2 Å². The third-order valence-corrected chi connectivity index (χ3v) is 4.38. The lowest BCUT2D eigenvalue weighted by Gasteiger charge is -2.07. The number of hydrogen-bond donors (Lipinski definition) is 2. The van der Waals surface area contributed by atoms with E-state index in [1.54, 1.807) is 36.5 Å². The first-order chi connectivity index (χ1) is 14.0. The Labute approximate surface area is 164 Å². The molecule has 0 aliphatic rings. The molecule has 0 radical (unpaired) electrons. The summed E-state index contributed by atoms with van der Waals surface area (Å²) in [6.07, 6.45) is 3.13. The zero-order valence-corrected chi connectivity index (χ0v) is 15.0. The number of aromatic carboxylic acids is 1. The lowest BCUT2D eigenvalue weighted by Crippen LogP contribution is -2.15. The topological polar surface area (TPSA) is 96.6 Å². The monoisotopic (exact) mass is 390 g/mol. The molecule has 0 atom stereocenters. The van der Waals surface area contributed by atoms with Crippen LogP contribution < -0.4 is 5.32 Å². The largest absolute Gasteiger partial charge is 0.478 e. The Morgan fingerprint density at radius 3 is 2.66 bits per heavy atom. The molecule has 0 saturated carbocycles. The van der Waals surface area contributed by atoms with Gasteiger partial charge in [-0.2, -0.15) is 0 Å². The van der Waals surface area contributed by atoms with E-state index in [1.807, 2.05) is 0 Å². The number of carboxylic acid groups (broad SMARTS) is 1. The predicted molar refractivity (Wildman–Crippen MR) is 104 cm³/mol. The van der Waals surface area contributed by atoms with Gasteiger partial charge in [0.05, 0.1) is 23.1 Å². The van der Waals surface area contributed by atoms with Crippen molar-refractivity contribution in [2.45, 2.75) is 6.42 Å². The Bertz CT molecular complexity index is 1220. The molecule has 0 fully saturated rings. The average molecular weight is 390 g/mol. The number of amides is 1. The lowest BCUT2D eigenvalue weighted by atomic mass is 10.0. The van der Waals surface area contributed by atoms with Crippen molar-refractivity contribution in [3.8, 4) is 11.1 Å². The summed E-state index contributed by atoms with van der Waals surface area (Å²) in [7, 11) is 0. The molecular formula is C21H15FN4O3. The van der Waals surface area contributed by atoms with Gasteiger partial charge in [-0.15, -0.1) is 5.10 Å². The molecule has 8 heteroatoms. The fourth-order valence-corrected chi connectivity index (χ4v) is 3.05. The molecule has 4 rings (SSSR count). The molecule has 2 aromatic heterocycles. The first-order valence-corrected chi connectivity index (χ1v) is 8.71. The number of carbonyl (C=O) groups is 2. The summed E-state index contributed by atoms with van der Waals surface area (Å²) >= 11 is 0. The smallest absolute Gasteiger partial charge is 0.335 e. The number of aromatic nitrogens is 3. The maximum atomic E-state index is 13.1. The van der Waals surface area contributed by atoms with Crippen LogP contribution in [-0.4, -0.2) is 31.6 Å². The van der Waals surface area contributed by atoms with Gasteiger partial charge in [0.25, 0.3) is 0 Å². The van der Waals surface area contributed by atoms with Crippen LogP contribution >= 0.6 is 0 Å². The van der Waals surface area contributed by atoms with E-state index in [1.165, 1.54) is 35.1 Å². The first-order valence-electron chi connectivity index (χ1n) is 8.71. The highest BCUT2D eigenvalue weighted by atomic mass is 19.1. The van der Waals surface area contributed by atoms with Gasteiger partial charge in [-0.25, -0.2) is 18.7 Å². The van der Waals surface area contributed by atoms with E-state index in [4.69, 9.17) is 0 Å². The number of hydrogen-bond acceptors (Lipinski definition) is 4. The van der Waals surface area contributed by atoms with Crippen LogP contribution in [0.3, 0.4) is 0 Å². The van der Waals surface area contributed by atoms with E-state index in [-0.39, 0.29) is 29.5 Å². The number of rotatable bonds is 5. The molecule has 144 valence electrons. The molecule has 0 saturated heterocycles. The minimum absolute atomic E-state index is 0.0427. The van der Waals surface area contributed by atoms with Crippen LogP contribution in [0.5, 0.6) is 0 Å². The number of halogens is 1. The lowest BCUT2D eigenvalue weighted by molar-refractivity contribution is -0.115. The second kappa shape index (κ2) is 7.51. The summed E-state index contributed by atoms with van der Waals surface area (Å²) in [6.45, 7) is 0. The van der Waals surface area contributed by atoms with Gasteiger partial charge in [0, 0.05) is 6.20 Å². The maximum Gasteiger partial charge on any atom is 0.335 e. The van der Waals surface area contributed by atoms with Gasteiger partial charge in [0.15, 0.2) is 5.82 Å². The molecule has 0 bridgehead atoms. The third kappa shape index (κ3) is 3.81. The fraction of sp³-hybridized carbons (Fsp3) is 0.0476. The van der Waals surface area contributed by atoms with E-state index in [2.05, 4.69) is 15.4 Å². The third-order valence-electron chi connectivity index (χ3n) is 4.38. The van der Waals surface area contributed by atoms with E-state index < -0.39 is 5.97 Å². The normalized spacial score (nSPS) is 10.8. The Morgan fingerprint density at radius 1 is 1.10 bits per heavy atom. The quantitative estimate of drug-likeness (QED) is 0.544. The zero-order chi connectivity index (χ0) is 20.4. The average Bonchev–Trinajstić information content (AvgIpc) is 3.07. The highest BCUT2D eigenvalue weighted by molar-refractivity contribution is 6.00. The van der Waals surface area contributed by atoms with Gasteiger partial charge in [0.1, 0.15) is 12.1 Å². The summed E-state index contributed by atoms with van der Waals surface area (Å²) < 4.78 is 14.6. The maximum absolute atomic E-state index is 13.1. The molecule has 29 heavy (non-hydrogen) atoms. The Balaban J connectivity index is 1.72. The number of benzene rings is 2. The van der Waals surface area contributed by atoms with Gasteiger partial charge in [0.2, 0.25) is 5.91 Å². The fourth-order valence-electron chi connectivity index (χ4n) is 3.05.